The molecule has 27 heavy (non-hydrogen) atoms. The van der Waals surface area contributed by atoms with Crippen LogP contribution in [0.4, 0.5) is 13.2 Å². The molecular formula is C16H19F3N4O4. The number of ether oxygens (including phenoxy) is 1. The largest absolute Gasteiger partial charge is 0.490 e. The minimum atomic E-state index is -5.08. The lowest BCUT2D eigenvalue weighted by atomic mass is 9.92. The zero-order valence-electron chi connectivity index (χ0n) is 14.3. The number of carbonyl (C=O) groups is 2. The van der Waals surface area contributed by atoms with Crippen molar-refractivity contribution in [2.45, 2.75) is 38.0 Å². The van der Waals surface area contributed by atoms with Crippen LogP contribution in [0.25, 0.3) is 0 Å². The van der Waals surface area contributed by atoms with Gasteiger partial charge in [-0.05, 0) is 12.8 Å². The number of nitrogens with one attached hydrogen (secondary N) is 1. The summed E-state index contributed by atoms with van der Waals surface area (Å²) in [4.78, 5) is 20.6. The number of carboxylic acids is 1. The van der Waals surface area contributed by atoms with Gasteiger partial charge in [-0.2, -0.15) is 18.4 Å². The van der Waals surface area contributed by atoms with E-state index in [1.165, 1.54) is 0 Å². The third-order valence-electron chi connectivity index (χ3n) is 4.42. The number of halogens is 3. The highest BCUT2D eigenvalue weighted by atomic mass is 19.4. The van der Waals surface area contributed by atoms with E-state index in [1.54, 1.807) is 0 Å². The number of alkyl halides is 3. The first-order valence-corrected chi connectivity index (χ1v) is 8.22. The number of aliphatic carboxylic acids is 1. The Morgan fingerprint density at radius 1 is 1.33 bits per heavy atom. The average Bonchev–Trinajstić information content (AvgIpc) is 2.96. The topological polar surface area (TPSA) is 130 Å². The standard InChI is InChI=1S/C14H18N4O2.C2HF3O2/c15-7-10-12(14(16)19)11-8-17-3-4-18(11)13(10)9-1-5-20-6-2-9;3-2(4,5)1(6)7/h9,17H,1-6,8H2,(H2,16,19);(H,6,7). The van der Waals surface area contributed by atoms with E-state index in [-0.39, 0.29) is 5.92 Å². The maximum absolute atomic E-state index is 11.8. The van der Waals surface area contributed by atoms with Crippen LogP contribution in [0.3, 0.4) is 0 Å². The number of fused-ring (bicyclic) bond motifs is 1. The van der Waals surface area contributed by atoms with E-state index in [1.807, 2.05) is 0 Å². The highest BCUT2D eigenvalue weighted by molar-refractivity contribution is 5.97. The maximum atomic E-state index is 11.8. The molecule has 2 aliphatic rings. The number of nitriles is 1. The number of hydrogen-bond donors (Lipinski definition) is 3. The van der Waals surface area contributed by atoms with Crippen LogP contribution in [0.2, 0.25) is 0 Å². The van der Waals surface area contributed by atoms with Crippen LogP contribution < -0.4 is 11.1 Å². The number of carboxylic acid groups (broad SMARTS) is 1. The second-order valence-corrected chi connectivity index (χ2v) is 6.08. The van der Waals surface area contributed by atoms with Gasteiger partial charge < -0.3 is 25.5 Å². The predicted molar refractivity (Wildman–Crippen MR) is 85.9 cm³/mol. The fraction of sp³-hybridized carbons (Fsp3) is 0.562. The van der Waals surface area contributed by atoms with Gasteiger partial charge in [-0.3, -0.25) is 4.79 Å². The van der Waals surface area contributed by atoms with Gasteiger partial charge in [-0.1, -0.05) is 0 Å². The Morgan fingerprint density at radius 2 is 1.93 bits per heavy atom. The normalized spacial score (nSPS) is 17.3. The number of carbonyl (C=O) groups excluding carboxylic acids is 1. The Morgan fingerprint density at radius 3 is 2.41 bits per heavy atom. The van der Waals surface area contributed by atoms with Gasteiger partial charge in [0.2, 0.25) is 0 Å². The molecule has 4 N–H and O–H groups in total. The fourth-order valence-electron chi connectivity index (χ4n) is 3.30. The molecule has 0 atom stereocenters. The van der Waals surface area contributed by atoms with Crippen LogP contribution in [-0.2, 0) is 22.6 Å². The first-order chi connectivity index (χ1) is 12.7. The van der Waals surface area contributed by atoms with E-state index in [0.29, 0.717) is 30.9 Å². The van der Waals surface area contributed by atoms with Gasteiger partial charge in [-0.15, -0.1) is 0 Å². The summed E-state index contributed by atoms with van der Waals surface area (Å²) in [6.45, 7) is 3.64. The van der Waals surface area contributed by atoms with Gasteiger partial charge >= 0.3 is 12.1 Å². The van der Waals surface area contributed by atoms with Crippen LogP contribution in [0, 0.1) is 11.3 Å². The number of primary amides is 1. The molecule has 8 nitrogen and oxygen atoms in total. The van der Waals surface area contributed by atoms with E-state index in [2.05, 4.69) is 16.0 Å². The van der Waals surface area contributed by atoms with Gasteiger partial charge in [-0.25, -0.2) is 4.79 Å². The molecule has 0 aromatic carbocycles. The fourth-order valence-corrected chi connectivity index (χ4v) is 3.30. The SMILES string of the molecule is N#Cc1c(C(N)=O)c2n(c1C1CCOCC1)CCNC2.O=C(O)C(F)(F)F. The molecule has 1 amide bonds. The van der Waals surface area contributed by atoms with Crippen LogP contribution in [-0.4, -0.2) is 47.5 Å². The van der Waals surface area contributed by atoms with Crippen LogP contribution >= 0.6 is 0 Å². The molecule has 2 aliphatic heterocycles. The van der Waals surface area contributed by atoms with Crippen molar-refractivity contribution in [1.29, 1.82) is 5.26 Å². The highest BCUT2D eigenvalue weighted by Crippen LogP contribution is 2.35. The number of amides is 1. The summed E-state index contributed by atoms with van der Waals surface area (Å²) >= 11 is 0. The Bertz CT molecular complexity index is 761. The molecule has 11 heteroatoms. The second-order valence-electron chi connectivity index (χ2n) is 6.08. The van der Waals surface area contributed by atoms with E-state index in [4.69, 9.17) is 20.4 Å². The number of rotatable bonds is 2. The summed E-state index contributed by atoms with van der Waals surface area (Å²) < 4.78 is 39.3. The molecule has 1 fully saturated rings. The summed E-state index contributed by atoms with van der Waals surface area (Å²) in [5, 5.41) is 19.9. The first-order valence-electron chi connectivity index (χ1n) is 8.22. The molecule has 3 rings (SSSR count). The molecule has 1 aromatic heterocycles. The molecule has 0 spiro atoms. The number of hydrogen-bond acceptors (Lipinski definition) is 5. The summed E-state index contributed by atoms with van der Waals surface area (Å²) in [6.07, 6.45) is -3.30. The van der Waals surface area contributed by atoms with Crippen molar-refractivity contribution in [3.05, 3.63) is 22.5 Å². The molecule has 0 unspecified atom stereocenters. The summed E-state index contributed by atoms with van der Waals surface area (Å²) in [6, 6.07) is 2.21. The number of aromatic nitrogens is 1. The van der Waals surface area contributed by atoms with E-state index in [0.717, 1.165) is 37.3 Å². The lowest BCUT2D eigenvalue weighted by Crippen LogP contribution is -2.31. The zero-order valence-corrected chi connectivity index (χ0v) is 14.3. The first kappa shape index (κ1) is 20.7. The van der Waals surface area contributed by atoms with Gasteiger partial charge in [0.1, 0.15) is 6.07 Å². The number of nitrogens with zero attached hydrogens (tertiary/aromatic N) is 2. The minimum Gasteiger partial charge on any atom is -0.475 e. The molecule has 0 saturated carbocycles. The Hall–Kier alpha value is -2.58. The molecule has 1 saturated heterocycles. The Labute approximate surface area is 152 Å². The van der Waals surface area contributed by atoms with Crippen molar-refractivity contribution < 1.29 is 32.6 Å². The predicted octanol–water partition coefficient (Wildman–Crippen LogP) is 1.09. The number of nitrogens with two attached hydrogens (primary N) is 1. The second kappa shape index (κ2) is 8.41. The Kier molecular flexibility index (Phi) is 6.45. The van der Waals surface area contributed by atoms with Crippen molar-refractivity contribution in [2.24, 2.45) is 5.73 Å². The third-order valence-corrected chi connectivity index (χ3v) is 4.42. The van der Waals surface area contributed by atoms with E-state index in [9.17, 15) is 23.2 Å². The smallest absolute Gasteiger partial charge is 0.475 e. The van der Waals surface area contributed by atoms with E-state index < -0.39 is 18.1 Å². The monoisotopic (exact) mass is 388 g/mol. The van der Waals surface area contributed by atoms with Gasteiger partial charge in [0.05, 0.1) is 11.1 Å². The molecule has 0 radical (unpaired) electrons. The quantitative estimate of drug-likeness (QED) is 0.695. The zero-order chi connectivity index (χ0) is 20.2. The van der Waals surface area contributed by atoms with Gasteiger partial charge in [0.25, 0.3) is 5.91 Å². The lowest BCUT2D eigenvalue weighted by molar-refractivity contribution is -0.192. The highest BCUT2D eigenvalue weighted by Gasteiger charge is 2.38. The Balaban J connectivity index is 0.000000321. The van der Waals surface area contributed by atoms with E-state index >= 15 is 0 Å². The minimum absolute atomic E-state index is 0.281. The maximum Gasteiger partial charge on any atom is 0.490 e. The molecule has 148 valence electrons. The van der Waals surface area contributed by atoms with Crippen molar-refractivity contribution in [1.82, 2.24) is 9.88 Å². The average molecular weight is 388 g/mol. The van der Waals surface area contributed by atoms with Gasteiger partial charge in [0.15, 0.2) is 0 Å². The molecule has 0 aliphatic carbocycles. The van der Waals surface area contributed by atoms with Gasteiger partial charge in [0, 0.05) is 50.2 Å². The van der Waals surface area contributed by atoms with Crippen molar-refractivity contribution in [3.8, 4) is 6.07 Å². The third kappa shape index (κ3) is 4.58. The summed E-state index contributed by atoms with van der Waals surface area (Å²) in [5.41, 5.74) is 8.23. The van der Waals surface area contributed by atoms with Crippen molar-refractivity contribution >= 4 is 11.9 Å². The summed E-state index contributed by atoms with van der Waals surface area (Å²) in [7, 11) is 0. The van der Waals surface area contributed by atoms with Crippen LogP contribution in [0.15, 0.2) is 0 Å². The van der Waals surface area contributed by atoms with Crippen molar-refractivity contribution in [2.75, 3.05) is 19.8 Å². The molecular weight excluding hydrogens is 369 g/mol. The molecule has 1 aromatic rings. The van der Waals surface area contributed by atoms with Crippen LogP contribution in [0.1, 0.15) is 46.1 Å². The van der Waals surface area contributed by atoms with Crippen LogP contribution in [0.5, 0.6) is 0 Å². The van der Waals surface area contributed by atoms with Crippen molar-refractivity contribution in [3.63, 3.8) is 0 Å². The lowest BCUT2D eigenvalue weighted by Gasteiger charge is -2.26. The molecule has 3 heterocycles. The summed E-state index contributed by atoms with van der Waals surface area (Å²) in [5.74, 6) is -2.98. The molecule has 0 bridgehead atoms.